The number of rotatable bonds is 6. The highest BCUT2D eigenvalue weighted by molar-refractivity contribution is 6.09. The summed E-state index contributed by atoms with van der Waals surface area (Å²) in [6, 6.07) is 10.5. The van der Waals surface area contributed by atoms with E-state index in [1.807, 2.05) is 13.0 Å². The van der Waals surface area contributed by atoms with Gasteiger partial charge in [0.15, 0.2) is 0 Å². The monoisotopic (exact) mass is 367 g/mol. The van der Waals surface area contributed by atoms with Crippen molar-refractivity contribution >= 4 is 27.7 Å². The summed E-state index contributed by atoms with van der Waals surface area (Å²) in [4.78, 5) is 14.4. The van der Waals surface area contributed by atoms with Crippen LogP contribution in [0.5, 0.6) is 0 Å². The van der Waals surface area contributed by atoms with Crippen LogP contribution in [-0.4, -0.2) is 50.3 Å². The molecule has 0 N–H and O–H groups in total. The van der Waals surface area contributed by atoms with Crippen molar-refractivity contribution < 1.29 is 18.7 Å². The van der Waals surface area contributed by atoms with Crippen molar-refractivity contribution in [2.75, 3.05) is 39.5 Å². The van der Waals surface area contributed by atoms with Crippen molar-refractivity contribution in [3.8, 4) is 0 Å². The fraction of sp³-hybridized carbons (Fsp3) is 0.409. The number of morpholine rings is 1. The quantitative estimate of drug-likeness (QED) is 0.624. The topological polar surface area (TPSA) is 51.9 Å². The van der Waals surface area contributed by atoms with E-state index in [2.05, 4.69) is 29.2 Å². The number of carbonyl (C=O) groups excluding carboxylic acids is 1. The molecule has 0 aliphatic carbocycles. The lowest BCUT2D eigenvalue weighted by atomic mass is 9.97. The fourth-order valence-corrected chi connectivity index (χ4v) is 3.84. The number of esters is 1. The Morgan fingerprint density at radius 3 is 2.78 bits per heavy atom. The summed E-state index contributed by atoms with van der Waals surface area (Å²) in [6.07, 6.45) is 2.91. The Labute approximate surface area is 158 Å². The third kappa shape index (κ3) is 3.84. The first kappa shape index (κ1) is 18.0. The van der Waals surface area contributed by atoms with E-state index >= 15 is 0 Å². The van der Waals surface area contributed by atoms with Crippen LogP contribution in [0.1, 0.15) is 18.1 Å². The molecule has 27 heavy (non-hydrogen) atoms. The average molecular weight is 367 g/mol. The van der Waals surface area contributed by atoms with Crippen molar-refractivity contribution in [3.63, 3.8) is 0 Å². The molecule has 1 aliphatic rings. The first-order chi connectivity index (χ1) is 13.3. The van der Waals surface area contributed by atoms with Gasteiger partial charge in [-0.2, -0.15) is 0 Å². The van der Waals surface area contributed by atoms with Crippen molar-refractivity contribution in [3.05, 3.63) is 47.7 Å². The largest absolute Gasteiger partial charge is 0.466 e. The van der Waals surface area contributed by atoms with Crippen LogP contribution < -0.4 is 0 Å². The molecule has 0 amide bonds. The minimum atomic E-state index is -0.222. The van der Waals surface area contributed by atoms with Crippen LogP contribution >= 0.6 is 0 Å². The van der Waals surface area contributed by atoms with Gasteiger partial charge < -0.3 is 13.9 Å². The maximum Gasteiger partial charge on any atom is 0.310 e. The number of hydrogen-bond acceptors (Lipinski definition) is 5. The van der Waals surface area contributed by atoms with Crippen LogP contribution in [0, 0.1) is 0 Å². The van der Waals surface area contributed by atoms with Crippen LogP contribution in [0.25, 0.3) is 21.7 Å². The van der Waals surface area contributed by atoms with Crippen molar-refractivity contribution in [2.45, 2.75) is 19.8 Å². The van der Waals surface area contributed by atoms with Gasteiger partial charge in [0.25, 0.3) is 0 Å². The van der Waals surface area contributed by atoms with Gasteiger partial charge in [-0.3, -0.25) is 9.69 Å². The summed E-state index contributed by atoms with van der Waals surface area (Å²) in [6.45, 7) is 6.88. The standard InChI is InChI=1S/C22H25NO4/c1-2-26-21(24)14-17-15-27-20-7-6-18-16(4-3-5-19(18)22(17)20)8-9-23-10-12-25-13-11-23/h3-7,15H,2,8-14H2,1H3. The molecule has 0 saturated carbocycles. The normalized spacial score (nSPS) is 15.4. The molecule has 0 unspecified atom stereocenters. The molecule has 3 aromatic rings. The maximum absolute atomic E-state index is 12.0. The molecule has 0 atom stereocenters. The predicted molar refractivity (Wildman–Crippen MR) is 105 cm³/mol. The Morgan fingerprint density at radius 1 is 1.11 bits per heavy atom. The van der Waals surface area contributed by atoms with Crippen LogP contribution in [0.4, 0.5) is 0 Å². The van der Waals surface area contributed by atoms with Crippen LogP contribution in [0.2, 0.25) is 0 Å². The molecule has 0 spiro atoms. The summed E-state index contributed by atoms with van der Waals surface area (Å²) in [7, 11) is 0. The van der Waals surface area contributed by atoms with Gasteiger partial charge in [-0.1, -0.05) is 24.3 Å². The van der Waals surface area contributed by atoms with E-state index in [4.69, 9.17) is 13.9 Å². The van der Waals surface area contributed by atoms with Crippen LogP contribution in [-0.2, 0) is 27.1 Å². The minimum Gasteiger partial charge on any atom is -0.466 e. The van der Waals surface area contributed by atoms with Crippen molar-refractivity contribution in [1.82, 2.24) is 4.90 Å². The Kier molecular flexibility index (Phi) is 5.41. The molecular formula is C22H25NO4. The number of nitrogens with zero attached hydrogens (tertiary/aromatic N) is 1. The van der Waals surface area contributed by atoms with E-state index in [1.54, 1.807) is 6.26 Å². The Morgan fingerprint density at radius 2 is 1.96 bits per heavy atom. The van der Waals surface area contributed by atoms with Gasteiger partial charge in [-0.25, -0.2) is 0 Å². The zero-order valence-electron chi connectivity index (χ0n) is 15.7. The zero-order valence-corrected chi connectivity index (χ0v) is 15.7. The maximum atomic E-state index is 12.0. The van der Waals surface area contributed by atoms with E-state index in [9.17, 15) is 4.79 Å². The lowest BCUT2D eigenvalue weighted by molar-refractivity contribution is -0.142. The summed E-state index contributed by atoms with van der Waals surface area (Å²) in [5.41, 5.74) is 3.02. The third-order valence-corrected chi connectivity index (χ3v) is 5.20. The molecule has 1 fully saturated rings. The number of hydrogen-bond donors (Lipinski definition) is 0. The number of carbonyl (C=O) groups is 1. The predicted octanol–water partition coefficient (Wildman–Crippen LogP) is 3.57. The molecule has 5 nitrogen and oxygen atoms in total. The molecular weight excluding hydrogens is 342 g/mol. The molecule has 2 heterocycles. The van der Waals surface area contributed by atoms with E-state index in [1.165, 1.54) is 10.9 Å². The highest BCUT2D eigenvalue weighted by atomic mass is 16.5. The molecule has 5 heteroatoms. The molecule has 1 aromatic heterocycles. The van der Waals surface area contributed by atoms with Gasteiger partial charge in [-0.15, -0.1) is 0 Å². The van der Waals surface area contributed by atoms with E-state index in [0.29, 0.717) is 6.61 Å². The number of ether oxygens (including phenoxy) is 2. The molecule has 0 bridgehead atoms. The number of benzene rings is 2. The number of furan rings is 1. The summed E-state index contributed by atoms with van der Waals surface area (Å²) < 4.78 is 16.2. The first-order valence-corrected chi connectivity index (χ1v) is 9.62. The highest BCUT2D eigenvalue weighted by Crippen LogP contribution is 2.32. The SMILES string of the molecule is CCOC(=O)Cc1coc2ccc3c(CCN4CCOCC4)cccc3c12. The molecule has 1 saturated heterocycles. The molecule has 0 radical (unpaired) electrons. The second kappa shape index (κ2) is 8.11. The van der Waals surface area contributed by atoms with E-state index in [-0.39, 0.29) is 12.4 Å². The lowest BCUT2D eigenvalue weighted by Gasteiger charge is -2.26. The first-order valence-electron chi connectivity index (χ1n) is 9.62. The molecule has 142 valence electrons. The molecule has 4 rings (SSSR count). The summed E-state index contributed by atoms with van der Waals surface area (Å²) in [5.74, 6) is -0.222. The van der Waals surface area contributed by atoms with Crippen LogP contribution in [0.15, 0.2) is 41.0 Å². The van der Waals surface area contributed by atoms with Gasteiger partial charge in [-0.05, 0) is 35.7 Å². The zero-order chi connectivity index (χ0) is 18.6. The minimum absolute atomic E-state index is 0.222. The lowest BCUT2D eigenvalue weighted by Crippen LogP contribution is -2.37. The van der Waals surface area contributed by atoms with Gasteiger partial charge in [0, 0.05) is 30.6 Å². The van der Waals surface area contributed by atoms with Crippen molar-refractivity contribution in [2.24, 2.45) is 0 Å². The smallest absolute Gasteiger partial charge is 0.310 e. The summed E-state index contributed by atoms with van der Waals surface area (Å²) in [5, 5.41) is 3.39. The second-order valence-electron chi connectivity index (χ2n) is 6.90. The van der Waals surface area contributed by atoms with E-state index in [0.717, 1.165) is 61.2 Å². The average Bonchev–Trinajstić information content (AvgIpc) is 3.10. The van der Waals surface area contributed by atoms with E-state index < -0.39 is 0 Å². The van der Waals surface area contributed by atoms with Gasteiger partial charge in [0.05, 0.1) is 32.5 Å². The van der Waals surface area contributed by atoms with Gasteiger partial charge >= 0.3 is 5.97 Å². The molecule has 2 aromatic carbocycles. The molecule has 1 aliphatic heterocycles. The summed E-state index contributed by atoms with van der Waals surface area (Å²) >= 11 is 0. The van der Waals surface area contributed by atoms with Crippen molar-refractivity contribution in [1.29, 1.82) is 0 Å². The fourth-order valence-electron chi connectivity index (χ4n) is 3.84. The van der Waals surface area contributed by atoms with Gasteiger partial charge in [0.1, 0.15) is 5.58 Å². The number of fused-ring (bicyclic) bond motifs is 3. The van der Waals surface area contributed by atoms with Crippen LogP contribution in [0.3, 0.4) is 0 Å². The van der Waals surface area contributed by atoms with Gasteiger partial charge in [0.2, 0.25) is 0 Å². The Balaban J connectivity index is 1.65. The highest BCUT2D eigenvalue weighted by Gasteiger charge is 2.16. The Hall–Kier alpha value is -2.37. The third-order valence-electron chi connectivity index (χ3n) is 5.20. The second-order valence-corrected chi connectivity index (χ2v) is 6.90. The Bertz CT molecular complexity index is 940.